The first kappa shape index (κ1) is 24.0. The molecule has 1 aromatic heterocycles. The number of hydrogen-bond donors (Lipinski definition) is 0. The van der Waals surface area contributed by atoms with E-state index in [9.17, 15) is 9.18 Å². The highest BCUT2D eigenvalue weighted by Gasteiger charge is 2.24. The minimum Gasteiger partial charge on any atom is -0.471 e. The Morgan fingerprint density at radius 3 is 2.36 bits per heavy atom. The van der Waals surface area contributed by atoms with Gasteiger partial charge in [0, 0.05) is 43.9 Å². The standard InChI is InChI=1S/C28H26ClFN4O2/c29-26-18-24(30)9-6-23(26)19-32-14-16-33(17-15-32)28(35)27-12-13-34(31-27)20-36-25-10-7-22(8-11-25)21-4-2-1-3-5-21/h1-13,18H,14-17,19-20H2. The molecule has 1 fully saturated rings. The van der Waals surface area contributed by atoms with Gasteiger partial charge in [0.15, 0.2) is 12.4 Å². The predicted molar refractivity (Wildman–Crippen MR) is 137 cm³/mol. The van der Waals surface area contributed by atoms with E-state index in [2.05, 4.69) is 22.1 Å². The van der Waals surface area contributed by atoms with Crippen molar-refractivity contribution in [3.8, 4) is 16.9 Å². The maximum Gasteiger partial charge on any atom is 0.274 e. The summed E-state index contributed by atoms with van der Waals surface area (Å²) in [5.74, 6) is 0.292. The number of amides is 1. The third-order valence-corrected chi connectivity index (χ3v) is 6.61. The summed E-state index contributed by atoms with van der Waals surface area (Å²) in [6.45, 7) is 3.44. The highest BCUT2D eigenvalue weighted by atomic mass is 35.5. The van der Waals surface area contributed by atoms with E-state index >= 15 is 0 Å². The highest BCUT2D eigenvalue weighted by molar-refractivity contribution is 6.31. The molecule has 0 radical (unpaired) electrons. The zero-order valence-electron chi connectivity index (χ0n) is 19.7. The maximum absolute atomic E-state index is 13.3. The normalized spacial score (nSPS) is 14.1. The molecule has 5 rings (SSSR count). The molecule has 0 spiro atoms. The summed E-state index contributed by atoms with van der Waals surface area (Å²) in [6.07, 6.45) is 1.75. The highest BCUT2D eigenvalue weighted by Crippen LogP contribution is 2.23. The van der Waals surface area contributed by atoms with Crippen molar-refractivity contribution in [2.75, 3.05) is 26.2 Å². The van der Waals surface area contributed by atoms with E-state index in [1.807, 2.05) is 42.5 Å². The topological polar surface area (TPSA) is 50.6 Å². The number of piperazine rings is 1. The monoisotopic (exact) mass is 504 g/mol. The molecule has 36 heavy (non-hydrogen) atoms. The average molecular weight is 505 g/mol. The van der Waals surface area contributed by atoms with Crippen LogP contribution < -0.4 is 4.74 Å². The molecule has 1 aliphatic rings. The first-order valence-corrected chi connectivity index (χ1v) is 12.2. The number of nitrogens with zero attached hydrogens (tertiary/aromatic N) is 4. The van der Waals surface area contributed by atoms with Gasteiger partial charge in [0.2, 0.25) is 0 Å². The fourth-order valence-corrected chi connectivity index (χ4v) is 4.45. The van der Waals surface area contributed by atoms with Crippen molar-refractivity contribution in [3.63, 3.8) is 0 Å². The van der Waals surface area contributed by atoms with E-state index in [1.165, 1.54) is 12.1 Å². The number of halogens is 2. The van der Waals surface area contributed by atoms with Crippen molar-refractivity contribution in [3.05, 3.63) is 107 Å². The summed E-state index contributed by atoms with van der Waals surface area (Å²) in [6, 6.07) is 24.2. The lowest BCUT2D eigenvalue weighted by Crippen LogP contribution is -2.48. The van der Waals surface area contributed by atoms with Gasteiger partial charge in [-0.2, -0.15) is 5.10 Å². The van der Waals surface area contributed by atoms with Gasteiger partial charge in [0.1, 0.15) is 11.6 Å². The summed E-state index contributed by atoms with van der Waals surface area (Å²) in [5.41, 5.74) is 3.55. The summed E-state index contributed by atoms with van der Waals surface area (Å²) in [4.78, 5) is 17.0. The first-order chi connectivity index (χ1) is 17.5. The third-order valence-electron chi connectivity index (χ3n) is 6.25. The second kappa shape index (κ2) is 10.9. The summed E-state index contributed by atoms with van der Waals surface area (Å²) in [5, 5.41) is 4.83. The van der Waals surface area contributed by atoms with Crippen LogP contribution in [0.3, 0.4) is 0 Å². The smallest absolute Gasteiger partial charge is 0.274 e. The number of carbonyl (C=O) groups is 1. The largest absolute Gasteiger partial charge is 0.471 e. The van der Waals surface area contributed by atoms with Crippen LogP contribution in [0.25, 0.3) is 11.1 Å². The van der Waals surface area contributed by atoms with Gasteiger partial charge < -0.3 is 9.64 Å². The van der Waals surface area contributed by atoms with Gasteiger partial charge in [0.25, 0.3) is 5.91 Å². The second-order valence-corrected chi connectivity index (χ2v) is 9.12. The van der Waals surface area contributed by atoms with Crippen molar-refractivity contribution in [2.45, 2.75) is 13.3 Å². The lowest BCUT2D eigenvalue weighted by molar-refractivity contribution is 0.0620. The Balaban J connectivity index is 1.11. The van der Waals surface area contributed by atoms with Crippen LogP contribution in [0, 0.1) is 5.82 Å². The molecule has 0 N–H and O–H groups in total. The van der Waals surface area contributed by atoms with Crippen LogP contribution in [0.4, 0.5) is 4.39 Å². The molecule has 2 heterocycles. The second-order valence-electron chi connectivity index (χ2n) is 8.71. The minimum atomic E-state index is -0.343. The quantitative estimate of drug-likeness (QED) is 0.341. The summed E-state index contributed by atoms with van der Waals surface area (Å²) < 4.78 is 20.7. The van der Waals surface area contributed by atoms with Gasteiger partial charge in [0.05, 0.1) is 0 Å². The van der Waals surface area contributed by atoms with Gasteiger partial charge in [-0.3, -0.25) is 9.69 Å². The summed E-state index contributed by atoms with van der Waals surface area (Å²) in [7, 11) is 0. The molecule has 1 aliphatic heterocycles. The molecule has 0 unspecified atom stereocenters. The van der Waals surface area contributed by atoms with Crippen LogP contribution >= 0.6 is 11.6 Å². The van der Waals surface area contributed by atoms with Gasteiger partial charge in [-0.25, -0.2) is 9.07 Å². The number of benzene rings is 3. The number of carbonyl (C=O) groups excluding carboxylic acids is 1. The zero-order chi connectivity index (χ0) is 24.9. The lowest BCUT2D eigenvalue weighted by Gasteiger charge is -2.34. The van der Waals surface area contributed by atoms with Crippen LogP contribution in [-0.4, -0.2) is 51.7 Å². The molecule has 6 nitrogen and oxygen atoms in total. The zero-order valence-corrected chi connectivity index (χ0v) is 20.4. The lowest BCUT2D eigenvalue weighted by atomic mass is 10.1. The van der Waals surface area contributed by atoms with Crippen molar-refractivity contribution in [1.29, 1.82) is 0 Å². The van der Waals surface area contributed by atoms with E-state index in [1.54, 1.807) is 27.9 Å². The van der Waals surface area contributed by atoms with E-state index in [-0.39, 0.29) is 18.5 Å². The van der Waals surface area contributed by atoms with Crippen LogP contribution in [0.2, 0.25) is 5.02 Å². The molecule has 184 valence electrons. The average Bonchev–Trinajstić information content (AvgIpc) is 3.39. The van der Waals surface area contributed by atoms with Crippen molar-refractivity contribution < 1.29 is 13.9 Å². The van der Waals surface area contributed by atoms with Gasteiger partial charge >= 0.3 is 0 Å². The first-order valence-electron chi connectivity index (χ1n) is 11.8. The molecular weight excluding hydrogens is 479 g/mol. The Morgan fingerprint density at radius 1 is 0.917 bits per heavy atom. The van der Waals surface area contributed by atoms with E-state index < -0.39 is 0 Å². The van der Waals surface area contributed by atoms with E-state index in [4.69, 9.17) is 16.3 Å². The molecule has 1 saturated heterocycles. The number of hydrogen-bond acceptors (Lipinski definition) is 4. The van der Waals surface area contributed by atoms with E-state index in [0.717, 1.165) is 22.4 Å². The molecular formula is C28H26ClFN4O2. The molecule has 8 heteroatoms. The van der Waals surface area contributed by atoms with Gasteiger partial charge in [-0.05, 0) is 47.0 Å². The molecule has 0 bridgehead atoms. The molecule has 3 aromatic carbocycles. The Labute approximate surface area is 214 Å². The van der Waals surface area contributed by atoms with Crippen LogP contribution in [0.5, 0.6) is 5.75 Å². The minimum absolute atomic E-state index is 0.0968. The molecule has 1 amide bonds. The van der Waals surface area contributed by atoms with E-state index in [0.29, 0.717) is 43.4 Å². The number of ether oxygens (including phenoxy) is 1. The number of aromatic nitrogens is 2. The third kappa shape index (κ3) is 5.75. The van der Waals surface area contributed by atoms with Crippen molar-refractivity contribution in [1.82, 2.24) is 19.6 Å². The number of rotatable bonds is 7. The molecule has 0 saturated carbocycles. The predicted octanol–water partition coefficient (Wildman–Crippen LogP) is 5.34. The Hall–Kier alpha value is -3.68. The molecule has 0 atom stereocenters. The fourth-order valence-electron chi connectivity index (χ4n) is 4.22. The SMILES string of the molecule is O=C(c1ccn(COc2ccc(-c3ccccc3)cc2)n1)N1CCN(Cc2ccc(F)cc2Cl)CC1. The Kier molecular flexibility index (Phi) is 7.30. The molecule has 4 aromatic rings. The maximum atomic E-state index is 13.3. The van der Waals surface area contributed by atoms with Crippen molar-refractivity contribution >= 4 is 17.5 Å². The Morgan fingerprint density at radius 2 is 1.64 bits per heavy atom. The van der Waals surface area contributed by atoms with Crippen molar-refractivity contribution in [2.24, 2.45) is 0 Å². The van der Waals surface area contributed by atoms with Gasteiger partial charge in [-0.15, -0.1) is 0 Å². The Bertz CT molecular complexity index is 1320. The van der Waals surface area contributed by atoms with Gasteiger partial charge in [-0.1, -0.05) is 60.1 Å². The summed E-state index contributed by atoms with van der Waals surface area (Å²) >= 11 is 6.16. The van der Waals surface area contributed by atoms with Crippen LogP contribution in [-0.2, 0) is 13.3 Å². The van der Waals surface area contributed by atoms with Crippen LogP contribution in [0.1, 0.15) is 16.1 Å². The molecule has 0 aliphatic carbocycles. The fraction of sp³-hybridized carbons (Fsp3) is 0.214. The van der Waals surface area contributed by atoms with Crippen LogP contribution in [0.15, 0.2) is 85.1 Å².